The van der Waals surface area contributed by atoms with Crippen LogP contribution in [0.3, 0.4) is 0 Å². The Morgan fingerprint density at radius 1 is 1.20 bits per heavy atom. The predicted molar refractivity (Wildman–Crippen MR) is 96.1 cm³/mol. The molecule has 0 aliphatic rings. The molecule has 0 bridgehead atoms. The van der Waals surface area contributed by atoms with E-state index in [9.17, 15) is 17.2 Å². The third-order valence-corrected chi connectivity index (χ3v) is 5.58. The van der Waals surface area contributed by atoms with E-state index in [4.69, 9.17) is 6.42 Å². The fourth-order valence-electron chi connectivity index (χ4n) is 2.44. The van der Waals surface area contributed by atoms with Crippen molar-refractivity contribution < 1.29 is 17.2 Å². The number of rotatable bonds is 5. The highest BCUT2D eigenvalue weighted by Gasteiger charge is 2.19. The van der Waals surface area contributed by atoms with Crippen LogP contribution in [-0.2, 0) is 26.9 Å². The van der Waals surface area contributed by atoms with E-state index in [1.165, 1.54) is 6.20 Å². The van der Waals surface area contributed by atoms with Gasteiger partial charge in [-0.25, -0.2) is 8.42 Å². The van der Waals surface area contributed by atoms with E-state index in [2.05, 4.69) is 15.6 Å². The molecule has 0 spiro atoms. The summed E-state index contributed by atoms with van der Waals surface area (Å²) in [5, 5.41) is 0.480. The number of nitrogens with one attached hydrogen (secondary N) is 2. The Morgan fingerprint density at radius 3 is 2.56 bits per heavy atom. The first kappa shape index (κ1) is 17.2. The summed E-state index contributed by atoms with van der Waals surface area (Å²) in [4.78, 5) is 2.95. The van der Waals surface area contributed by atoms with Gasteiger partial charge in [-0.05, 0) is 35.9 Å². The van der Waals surface area contributed by atoms with Gasteiger partial charge in [0.05, 0.1) is 0 Å². The molecule has 2 aromatic carbocycles. The molecular weight excluding hydrogens is 360 g/mol. The zero-order valence-electron chi connectivity index (χ0n) is 12.9. The highest BCUT2D eigenvalue weighted by Crippen LogP contribution is 2.26. The van der Waals surface area contributed by atoms with Crippen molar-refractivity contribution >= 4 is 37.7 Å². The number of sulfonamides is 1. The molecule has 2 N–H and O–H groups in total. The molecule has 0 aliphatic carbocycles. The fourth-order valence-corrected chi connectivity index (χ4v) is 4.13. The quantitative estimate of drug-likeness (QED) is 0.529. The highest BCUT2D eigenvalue weighted by molar-refractivity contribution is 7.93. The molecule has 3 aromatic rings. The number of aromatic nitrogens is 1. The van der Waals surface area contributed by atoms with Gasteiger partial charge in [0, 0.05) is 34.1 Å². The summed E-state index contributed by atoms with van der Waals surface area (Å²) in [6, 6.07) is 11.2. The second-order valence-electron chi connectivity index (χ2n) is 5.31. The molecule has 1 unspecified atom stereocenters. The van der Waals surface area contributed by atoms with Crippen molar-refractivity contribution in [2.75, 3.05) is 4.72 Å². The average molecular weight is 373 g/mol. The van der Waals surface area contributed by atoms with Crippen LogP contribution < -0.4 is 4.72 Å². The maximum Gasteiger partial charge on any atom is 0.264 e. The predicted octanol–water partition coefficient (Wildman–Crippen LogP) is 2.33. The Hall–Kier alpha value is -2.60. The van der Waals surface area contributed by atoms with Crippen molar-refractivity contribution in [2.45, 2.75) is 10.6 Å². The minimum atomic E-state index is -3.81. The Morgan fingerprint density at radius 2 is 1.92 bits per heavy atom. The lowest BCUT2D eigenvalue weighted by molar-refractivity contribution is 0.536. The SMILES string of the molecule is C#Cc1ccc(NS(=O)(=O)c2c[nH]c3cc(CS(=O)[O-])ccc23)cc1. The minimum Gasteiger partial charge on any atom is -0.772 e. The van der Waals surface area contributed by atoms with Gasteiger partial charge in [0.15, 0.2) is 0 Å². The summed E-state index contributed by atoms with van der Waals surface area (Å²) in [6.07, 6.45) is 6.65. The molecule has 1 heterocycles. The largest absolute Gasteiger partial charge is 0.772 e. The van der Waals surface area contributed by atoms with E-state index in [0.717, 1.165) is 0 Å². The van der Waals surface area contributed by atoms with E-state index in [1.54, 1.807) is 42.5 Å². The number of terminal acetylenes is 1. The van der Waals surface area contributed by atoms with E-state index in [0.29, 0.717) is 27.7 Å². The van der Waals surface area contributed by atoms with Gasteiger partial charge in [0.25, 0.3) is 10.0 Å². The van der Waals surface area contributed by atoms with Gasteiger partial charge in [-0.15, -0.1) is 6.42 Å². The van der Waals surface area contributed by atoms with Crippen LogP contribution in [0.2, 0.25) is 0 Å². The summed E-state index contributed by atoms with van der Waals surface area (Å²) in [5.74, 6) is 2.33. The standard InChI is InChI=1S/C17H14N2O4S2/c1-2-12-3-6-14(7-4-12)19-25(22,23)17-10-18-16-9-13(11-24(20)21)5-8-15(16)17/h1,3-10,18-19H,11H2,(H,20,21)/p-1. The Balaban J connectivity index is 1.93. The number of benzene rings is 2. The zero-order valence-corrected chi connectivity index (χ0v) is 14.5. The first-order valence-electron chi connectivity index (χ1n) is 7.14. The van der Waals surface area contributed by atoms with Crippen molar-refractivity contribution in [1.82, 2.24) is 4.98 Å². The van der Waals surface area contributed by atoms with Crippen molar-refractivity contribution in [1.29, 1.82) is 0 Å². The average Bonchev–Trinajstić information content (AvgIpc) is 2.98. The van der Waals surface area contributed by atoms with Gasteiger partial charge in [-0.3, -0.25) is 8.93 Å². The van der Waals surface area contributed by atoms with E-state index >= 15 is 0 Å². The van der Waals surface area contributed by atoms with Crippen LogP contribution in [0.1, 0.15) is 11.1 Å². The molecule has 3 rings (SSSR count). The first-order valence-corrected chi connectivity index (χ1v) is 9.87. The van der Waals surface area contributed by atoms with Crippen LogP contribution in [-0.4, -0.2) is 22.2 Å². The molecule has 0 saturated carbocycles. The molecule has 0 radical (unpaired) electrons. The van der Waals surface area contributed by atoms with Crippen LogP contribution in [0.4, 0.5) is 5.69 Å². The van der Waals surface area contributed by atoms with Gasteiger partial charge in [-0.2, -0.15) is 0 Å². The topological polar surface area (TPSA) is 102 Å². The van der Waals surface area contributed by atoms with Crippen molar-refractivity contribution in [3.05, 3.63) is 59.8 Å². The Labute approximate surface area is 147 Å². The molecule has 1 aromatic heterocycles. The normalized spacial score (nSPS) is 12.6. The zero-order chi connectivity index (χ0) is 18.0. The van der Waals surface area contributed by atoms with E-state index in [1.807, 2.05) is 0 Å². The summed E-state index contributed by atoms with van der Waals surface area (Å²) >= 11 is -2.21. The number of hydrogen-bond donors (Lipinski definition) is 2. The summed E-state index contributed by atoms with van der Waals surface area (Å²) < 4.78 is 49.3. The summed E-state index contributed by atoms with van der Waals surface area (Å²) in [5.41, 5.74) is 2.17. The van der Waals surface area contributed by atoms with Crippen molar-refractivity contribution in [3.63, 3.8) is 0 Å². The summed E-state index contributed by atoms with van der Waals surface area (Å²) in [6.45, 7) is 0. The lowest BCUT2D eigenvalue weighted by Crippen LogP contribution is -2.12. The number of hydrogen-bond acceptors (Lipinski definition) is 4. The van der Waals surface area contributed by atoms with E-state index in [-0.39, 0.29) is 10.6 Å². The van der Waals surface area contributed by atoms with Crippen LogP contribution in [0.25, 0.3) is 10.9 Å². The highest BCUT2D eigenvalue weighted by atomic mass is 32.2. The van der Waals surface area contributed by atoms with E-state index < -0.39 is 21.1 Å². The number of anilines is 1. The minimum absolute atomic E-state index is 0.0818. The van der Waals surface area contributed by atoms with Gasteiger partial charge in [-0.1, -0.05) is 29.1 Å². The van der Waals surface area contributed by atoms with Crippen molar-refractivity contribution in [3.8, 4) is 12.3 Å². The number of fused-ring (bicyclic) bond motifs is 1. The van der Waals surface area contributed by atoms with Crippen molar-refractivity contribution in [2.24, 2.45) is 0 Å². The maximum absolute atomic E-state index is 12.6. The second kappa shape index (κ2) is 6.72. The Kier molecular flexibility index (Phi) is 4.63. The molecule has 0 fully saturated rings. The fraction of sp³-hybridized carbons (Fsp3) is 0.0588. The monoisotopic (exact) mass is 373 g/mol. The molecule has 0 saturated heterocycles. The third-order valence-electron chi connectivity index (χ3n) is 3.59. The molecule has 8 heteroatoms. The molecule has 0 amide bonds. The van der Waals surface area contributed by atoms with Crippen LogP contribution in [0, 0.1) is 12.3 Å². The first-order chi connectivity index (χ1) is 11.9. The molecular formula is C17H13N2O4S2-. The lowest BCUT2D eigenvalue weighted by Gasteiger charge is -2.08. The molecule has 6 nitrogen and oxygen atoms in total. The molecule has 0 aliphatic heterocycles. The van der Waals surface area contributed by atoms with Gasteiger partial charge in [0.1, 0.15) is 4.90 Å². The molecule has 1 atom stereocenters. The number of H-pyrrole nitrogens is 1. The van der Waals surface area contributed by atoms with Gasteiger partial charge in [0.2, 0.25) is 0 Å². The van der Waals surface area contributed by atoms with Crippen LogP contribution in [0.5, 0.6) is 0 Å². The lowest BCUT2D eigenvalue weighted by atomic mass is 10.2. The second-order valence-corrected chi connectivity index (χ2v) is 7.86. The number of aromatic amines is 1. The molecule has 25 heavy (non-hydrogen) atoms. The van der Waals surface area contributed by atoms with Crippen LogP contribution in [0.15, 0.2) is 53.6 Å². The third kappa shape index (κ3) is 3.74. The van der Waals surface area contributed by atoms with Crippen LogP contribution >= 0.6 is 0 Å². The van der Waals surface area contributed by atoms with Gasteiger partial charge >= 0.3 is 0 Å². The Bertz CT molecular complexity index is 1090. The smallest absolute Gasteiger partial charge is 0.264 e. The molecule has 128 valence electrons. The van der Waals surface area contributed by atoms with Gasteiger partial charge < -0.3 is 9.54 Å². The maximum atomic E-state index is 12.6. The summed E-state index contributed by atoms with van der Waals surface area (Å²) in [7, 11) is -3.81.